The van der Waals surface area contributed by atoms with E-state index in [0.29, 0.717) is 16.8 Å². The van der Waals surface area contributed by atoms with Gasteiger partial charge in [0.05, 0.1) is 11.4 Å². The van der Waals surface area contributed by atoms with Crippen molar-refractivity contribution in [3.8, 4) is 11.3 Å². The summed E-state index contributed by atoms with van der Waals surface area (Å²) >= 11 is 1.84. The predicted molar refractivity (Wildman–Crippen MR) is 171 cm³/mol. The number of halogens is 1. The van der Waals surface area contributed by atoms with Crippen molar-refractivity contribution in [3.63, 3.8) is 0 Å². The predicted octanol–water partition coefficient (Wildman–Crippen LogP) is 6.11. The number of anilines is 3. The van der Waals surface area contributed by atoms with Crippen molar-refractivity contribution < 1.29 is 14.0 Å². The molecule has 2 heterocycles. The Morgan fingerprint density at radius 3 is 2.49 bits per heavy atom. The molecule has 3 aromatic carbocycles. The van der Waals surface area contributed by atoms with E-state index in [4.69, 9.17) is 0 Å². The summed E-state index contributed by atoms with van der Waals surface area (Å²) in [6.07, 6.45) is 4.16. The first kappa shape index (κ1) is 30.0. The highest BCUT2D eigenvalue weighted by Crippen LogP contribution is 2.28. The molecule has 2 N–H and O–H groups in total. The molecule has 222 valence electrons. The quantitative estimate of drug-likeness (QED) is 0.241. The van der Waals surface area contributed by atoms with Gasteiger partial charge in [-0.25, -0.2) is 9.37 Å². The van der Waals surface area contributed by atoms with Crippen molar-refractivity contribution in [3.05, 3.63) is 106 Å². The monoisotopic (exact) mass is 599 g/mol. The summed E-state index contributed by atoms with van der Waals surface area (Å²) in [5, 5.41) is 5.73. The van der Waals surface area contributed by atoms with E-state index in [2.05, 4.69) is 22.5 Å². The standard InChI is InChI=1S/C33H34FN5O3S/c1-3-4-8-22-9-5-6-10-25(22)31(40)37-27-12-7-11-26(29(27)34)28-21-38(2)33(42)30(36-28)35-24-15-13-23(14-16-24)32(41)39-17-19-43-20-18-39/h5-7,9-16,21H,3-4,8,17-20H2,1-2H3,(H,35,36)(H,37,40). The average Bonchev–Trinajstić information content (AvgIpc) is 3.03. The molecule has 1 fully saturated rings. The van der Waals surface area contributed by atoms with Crippen LogP contribution in [-0.2, 0) is 13.5 Å². The number of amides is 2. The molecule has 10 heteroatoms. The Bertz CT molecular complexity index is 1680. The smallest absolute Gasteiger partial charge is 0.293 e. The van der Waals surface area contributed by atoms with Gasteiger partial charge in [-0.05, 0) is 60.9 Å². The van der Waals surface area contributed by atoms with Crippen LogP contribution in [0.15, 0.2) is 77.7 Å². The number of carbonyl (C=O) groups is 2. The van der Waals surface area contributed by atoms with Gasteiger partial charge in [0.2, 0.25) is 0 Å². The second kappa shape index (κ2) is 13.7. The number of nitrogens with one attached hydrogen (secondary N) is 2. The van der Waals surface area contributed by atoms with Crippen LogP contribution in [-0.4, -0.2) is 50.9 Å². The van der Waals surface area contributed by atoms with Gasteiger partial charge in [-0.15, -0.1) is 0 Å². The molecule has 1 aromatic heterocycles. The summed E-state index contributed by atoms with van der Waals surface area (Å²) in [5.41, 5.74) is 2.53. The number of aromatic nitrogens is 2. The zero-order valence-corrected chi connectivity index (χ0v) is 25.0. The molecular formula is C33H34FN5O3S. The van der Waals surface area contributed by atoms with Crippen LogP contribution in [0.2, 0.25) is 0 Å². The van der Waals surface area contributed by atoms with Crippen molar-refractivity contribution in [2.45, 2.75) is 26.2 Å². The minimum absolute atomic E-state index is 0.00539. The zero-order valence-electron chi connectivity index (χ0n) is 24.2. The fourth-order valence-electron chi connectivity index (χ4n) is 4.94. The second-order valence-corrected chi connectivity index (χ2v) is 11.6. The van der Waals surface area contributed by atoms with Crippen molar-refractivity contribution in [1.82, 2.24) is 14.5 Å². The number of thioether (sulfide) groups is 1. The molecule has 1 saturated heterocycles. The van der Waals surface area contributed by atoms with Gasteiger partial charge in [-0.1, -0.05) is 37.6 Å². The molecule has 5 rings (SSSR count). The van der Waals surface area contributed by atoms with E-state index >= 15 is 4.39 Å². The van der Waals surface area contributed by atoms with Crippen molar-refractivity contribution in [2.75, 3.05) is 35.2 Å². The maximum Gasteiger partial charge on any atom is 0.293 e. The van der Waals surface area contributed by atoms with E-state index in [1.807, 2.05) is 28.8 Å². The van der Waals surface area contributed by atoms with E-state index in [0.717, 1.165) is 49.4 Å². The fourth-order valence-corrected chi connectivity index (χ4v) is 5.85. The van der Waals surface area contributed by atoms with Gasteiger partial charge >= 0.3 is 0 Å². The molecule has 0 saturated carbocycles. The first-order chi connectivity index (χ1) is 20.9. The van der Waals surface area contributed by atoms with Gasteiger partial charge < -0.3 is 20.1 Å². The minimum Gasteiger partial charge on any atom is -0.337 e. The Labute approximate surface area is 254 Å². The lowest BCUT2D eigenvalue weighted by Gasteiger charge is -2.26. The maximum absolute atomic E-state index is 15.8. The average molecular weight is 600 g/mol. The summed E-state index contributed by atoms with van der Waals surface area (Å²) in [6, 6.07) is 18.9. The van der Waals surface area contributed by atoms with E-state index in [1.165, 1.54) is 16.8 Å². The Balaban J connectivity index is 1.37. The molecular weight excluding hydrogens is 565 g/mol. The van der Waals surface area contributed by atoms with Gasteiger partial charge in [-0.3, -0.25) is 14.4 Å². The van der Waals surface area contributed by atoms with E-state index in [9.17, 15) is 14.4 Å². The first-order valence-corrected chi connectivity index (χ1v) is 15.5. The Morgan fingerprint density at radius 1 is 1.00 bits per heavy atom. The van der Waals surface area contributed by atoms with Gasteiger partial charge in [0.1, 0.15) is 0 Å². The van der Waals surface area contributed by atoms with Crippen molar-refractivity contribution >= 4 is 40.8 Å². The van der Waals surface area contributed by atoms with Crippen LogP contribution < -0.4 is 16.2 Å². The Kier molecular flexibility index (Phi) is 9.56. The van der Waals surface area contributed by atoms with Crippen LogP contribution >= 0.6 is 11.8 Å². The third-order valence-corrected chi connectivity index (χ3v) is 8.29. The van der Waals surface area contributed by atoms with E-state index in [1.54, 1.807) is 55.6 Å². The molecule has 0 unspecified atom stereocenters. The van der Waals surface area contributed by atoms with Crippen LogP contribution in [0.5, 0.6) is 0 Å². The normalized spacial score (nSPS) is 13.0. The third kappa shape index (κ3) is 6.97. The number of hydrogen-bond donors (Lipinski definition) is 2. The molecule has 4 aromatic rings. The summed E-state index contributed by atoms with van der Waals surface area (Å²) in [5.74, 6) is 0.803. The number of benzene rings is 3. The highest BCUT2D eigenvalue weighted by Gasteiger charge is 2.20. The lowest BCUT2D eigenvalue weighted by molar-refractivity contribution is 0.0772. The number of rotatable bonds is 9. The molecule has 2 amide bonds. The van der Waals surface area contributed by atoms with Gasteiger partial charge in [0, 0.05) is 60.2 Å². The van der Waals surface area contributed by atoms with Crippen LogP contribution in [0.3, 0.4) is 0 Å². The Morgan fingerprint density at radius 2 is 1.74 bits per heavy atom. The van der Waals surface area contributed by atoms with Crippen molar-refractivity contribution in [1.29, 1.82) is 0 Å². The number of nitrogens with zero attached hydrogens (tertiary/aromatic N) is 3. The van der Waals surface area contributed by atoms with Gasteiger partial charge in [0.15, 0.2) is 11.6 Å². The molecule has 0 spiro atoms. The highest BCUT2D eigenvalue weighted by molar-refractivity contribution is 7.99. The number of unbranched alkanes of at least 4 members (excludes halogenated alkanes) is 1. The molecule has 0 bridgehead atoms. The maximum atomic E-state index is 15.8. The van der Waals surface area contributed by atoms with Crippen LogP contribution in [0.1, 0.15) is 46.0 Å². The molecule has 43 heavy (non-hydrogen) atoms. The number of carbonyl (C=O) groups excluding carboxylic acids is 2. The SMILES string of the molecule is CCCCc1ccccc1C(=O)Nc1cccc(-c2cn(C)c(=O)c(Nc3ccc(C(=O)N4CCSCC4)cc3)n2)c1F. The first-order valence-electron chi connectivity index (χ1n) is 14.4. The number of hydrogen-bond acceptors (Lipinski definition) is 6. The minimum atomic E-state index is -0.655. The largest absolute Gasteiger partial charge is 0.337 e. The molecule has 1 aliphatic heterocycles. The van der Waals surface area contributed by atoms with Gasteiger partial charge in [-0.2, -0.15) is 11.8 Å². The van der Waals surface area contributed by atoms with Gasteiger partial charge in [0.25, 0.3) is 17.4 Å². The number of aryl methyl sites for hydroxylation is 2. The summed E-state index contributed by atoms with van der Waals surface area (Å²) in [7, 11) is 1.56. The third-order valence-electron chi connectivity index (χ3n) is 7.35. The second-order valence-electron chi connectivity index (χ2n) is 10.4. The summed E-state index contributed by atoms with van der Waals surface area (Å²) in [6.45, 7) is 3.54. The zero-order chi connectivity index (χ0) is 30.3. The lowest BCUT2D eigenvalue weighted by Crippen LogP contribution is -2.37. The fraction of sp³-hybridized carbons (Fsp3) is 0.273. The Hall–Kier alpha value is -4.44. The molecule has 8 nitrogen and oxygen atoms in total. The van der Waals surface area contributed by atoms with Crippen molar-refractivity contribution in [2.24, 2.45) is 7.05 Å². The topological polar surface area (TPSA) is 96.3 Å². The van der Waals surface area contributed by atoms with E-state index < -0.39 is 11.4 Å². The van der Waals surface area contributed by atoms with E-state index in [-0.39, 0.29) is 34.6 Å². The molecule has 0 radical (unpaired) electrons. The van der Waals surface area contributed by atoms with Crippen LogP contribution in [0.4, 0.5) is 21.6 Å². The summed E-state index contributed by atoms with van der Waals surface area (Å²) < 4.78 is 17.1. The highest BCUT2D eigenvalue weighted by atomic mass is 32.2. The van der Waals surface area contributed by atoms with Crippen LogP contribution in [0, 0.1) is 5.82 Å². The van der Waals surface area contributed by atoms with Crippen LogP contribution in [0.25, 0.3) is 11.3 Å². The lowest BCUT2D eigenvalue weighted by atomic mass is 10.0. The molecule has 0 aliphatic carbocycles. The summed E-state index contributed by atoms with van der Waals surface area (Å²) in [4.78, 5) is 45.1. The molecule has 1 aliphatic rings. The molecule has 0 atom stereocenters.